The van der Waals surface area contributed by atoms with E-state index in [2.05, 4.69) is 33.0 Å². The van der Waals surface area contributed by atoms with Crippen LogP contribution in [0.3, 0.4) is 0 Å². The highest BCUT2D eigenvalue weighted by molar-refractivity contribution is 7.78. The van der Waals surface area contributed by atoms with E-state index in [0.29, 0.717) is 32.8 Å². The van der Waals surface area contributed by atoms with Crippen LogP contribution in [0.5, 0.6) is 0 Å². The van der Waals surface area contributed by atoms with Crippen molar-refractivity contribution in [2.24, 2.45) is 4.99 Å². The number of isothiocyanates is 1. The molecule has 2 aromatic rings. The molecule has 2 rings (SSSR count). The lowest BCUT2D eigenvalue weighted by Crippen LogP contribution is -2.29. The second kappa shape index (κ2) is 11.7. The van der Waals surface area contributed by atoms with Gasteiger partial charge in [-0.15, -0.1) is 0 Å². The normalized spacial score (nSPS) is 11.2. The highest BCUT2D eigenvalue weighted by Gasteiger charge is 2.33. The van der Waals surface area contributed by atoms with Gasteiger partial charge in [0.15, 0.2) is 0 Å². The molecule has 2 N–H and O–H groups in total. The maximum Gasteiger partial charge on any atom is 0.416 e. The number of ether oxygens (including phenoxy) is 1. The van der Waals surface area contributed by atoms with Gasteiger partial charge < -0.3 is 15.4 Å². The van der Waals surface area contributed by atoms with Gasteiger partial charge in [0, 0.05) is 26.2 Å². The fourth-order valence-electron chi connectivity index (χ4n) is 2.54. The lowest BCUT2D eigenvalue weighted by Gasteiger charge is -2.14. The predicted molar refractivity (Wildman–Crippen MR) is 107 cm³/mol. The summed E-state index contributed by atoms with van der Waals surface area (Å²) >= 11 is 4.44. The third kappa shape index (κ3) is 7.88. The molecule has 0 aromatic heterocycles. The summed E-state index contributed by atoms with van der Waals surface area (Å²) in [6.45, 7) is 3.08. The lowest BCUT2D eigenvalue weighted by molar-refractivity contribution is -0.138. The Morgan fingerprint density at radius 2 is 1.75 bits per heavy atom. The second-order valence-electron chi connectivity index (χ2n) is 6.01. The van der Waals surface area contributed by atoms with Crippen molar-refractivity contribution in [1.82, 2.24) is 10.6 Å². The molecule has 0 amide bonds. The zero-order valence-corrected chi connectivity index (χ0v) is 16.1. The lowest BCUT2D eigenvalue weighted by atomic mass is 10.1. The molecule has 0 aliphatic carbocycles. The first-order valence-corrected chi connectivity index (χ1v) is 9.22. The van der Waals surface area contributed by atoms with E-state index in [1.807, 2.05) is 30.3 Å². The molecule has 4 nitrogen and oxygen atoms in total. The Morgan fingerprint density at radius 1 is 1.00 bits per heavy atom. The van der Waals surface area contributed by atoms with E-state index in [-0.39, 0.29) is 17.8 Å². The molecule has 0 unspecified atom stereocenters. The molecule has 0 radical (unpaired) electrons. The fourth-order valence-corrected chi connectivity index (χ4v) is 2.64. The maximum atomic E-state index is 13.2. The molecule has 0 atom stereocenters. The van der Waals surface area contributed by atoms with Crippen LogP contribution >= 0.6 is 12.2 Å². The molecule has 28 heavy (non-hydrogen) atoms. The van der Waals surface area contributed by atoms with Crippen LogP contribution in [-0.4, -0.2) is 31.4 Å². The molecule has 150 valence electrons. The molecule has 0 saturated heterocycles. The van der Waals surface area contributed by atoms with Gasteiger partial charge in [-0.1, -0.05) is 36.4 Å². The smallest absolute Gasteiger partial charge is 0.375 e. The van der Waals surface area contributed by atoms with Crippen LogP contribution in [0.4, 0.5) is 18.9 Å². The maximum absolute atomic E-state index is 13.2. The molecule has 0 aliphatic heterocycles. The first-order chi connectivity index (χ1) is 13.5. The number of rotatable bonds is 11. The summed E-state index contributed by atoms with van der Waals surface area (Å²) in [5, 5.41) is 8.28. The molecule has 0 bridgehead atoms. The average Bonchev–Trinajstić information content (AvgIpc) is 2.68. The second-order valence-corrected chi connectivity index (χ2v) is 6.19. The van der Waals surface area contributed by atoms with Crippen molar-refractivity contribution in [3.8, 4) is 0 Å². The summed E-state index contributed by atoms with van der Waals surface area (Å²) in [4.78, 5) is 3.61. The molecule has 0 aliphatic rings. The number of nitrogens with zero attached hydrogens (tertiary/aromatic N) is 1. The first kappa shape index (κ1) is 22.2. The Balaban J connectivity index is 1.65. The van der Waals surface area contributed by atoms with Gasteiger partial charge >= 0.3 is 6.18 Å². The Morgan fingerprint density at radius 3 is 2.46 bits per heavy atom. The summed E-state index contributed by atoms with van der Waals surface area (Å²) in [7, 11) is 0. The van der Waals surface area contributed by atoms with Gasteiger partial charge in [0.1, 0.15) is 0 Å². The SMILES string of the molecule is FC(F)(F)c1cc(N=C=S)ccc1CNCCNCCOCc1ccccc1. The van der Waals surface area contributed by atoms with Crippen molar-refractivity contribution in [2.75, 3.05) is 26.2 Å². The number of hydrogen-bond donors (Lipinski definition) is 2. The van der Waals surface area contributed by atoms with E-state index in [1.165, 1.54) is 12.1 Å². The van der Waals surface area contributed by atoms with E-state index in [9.17, 15) is 13.2 Å². The summed E-state index contributed by atoms with van der Waals surface area (Å²) in [6, 6.07) is 13.8. The monoisotopic (exact) mass is 409 g/mol. The zero-order chi connectivity index (χ0) is 20.2. The van der Waals surface area contributed by atoms with Gasteiger partial charge in [0.25, 0.3) is 0 Å². The molecule has 0 fully saturated rings. The number of alkyl halides is 3. The number of halogens is 3. The number of thiocarbonyl (C=S) groups is 1. The Hall–Kier alpha value is -2.09. The Bertz CT molecular complexity index is 778. The number of nitrogens with one attached hydrogen (secondary N) is 2. The van der Waals surface area contributed by atoms with Crippen molar-refractivity contribution in [1.29, 1.82) is 0 Å². The van der Waals surface area contributed by atoms with E-state index in [1.54, 1.807) is 0 Å². The summed E-state index contributed by atoms with van der Waals surface area (Å²) in [5.41, 5.74) is 0.714. The molecule has 0 spiro atoms. The molecule has 8 heteroatoms. The van der Waals surface area contributed by atoms with Crippen molar-refractivity contribution < 1.29 is 17.9 Å². The minimum absolute atomic E-state index is 0.114. The van der Waals surface area contributed by atoms with Crippen LogP contribution in [0.25, 0.3) is 0 Å². The first-order valence-electron chi connectivity index (χ1n) is 8.82. The highest BCUT2D eigenvalue weighted by Crippen LogP contribution is 2.34. The van der Waals surface area contributed by atoms with Crippen molar-refractivity contribution in [3.63, 3.8) is 0 Å². The van der Waals surface area contributed by atoms with Crippen molar-refractivity contribution in [2.45, 2.75) is 19.3 Å². The van der Waals surface area contributed by atoms with Gasteiger partial charge in [-0.05, 0) is 35.5 Å². The largest absolute Gasteiger partial charge is 0.416 e. The van der Waals surface area contributed by atoms with E-state index >= 15 is 0 Å². The summed E-state index contributed by atoms with van der Waals surface area (Å²) in [6.07, 6.45) is -4.45. The fraction of sp³-hybridized carbons (Fsp3) is 0.350. The molecule has 0 saturated carbocycles. The van der Waals surface area contributed by atoms with E-state index < -0.39 is 11.7 Å². The molecular formula is C20H22F3N3OS. The minimum atomic E-state index is -4.45. The van der Waals surface area contributed by atoms with E-state index in [4.69, 9.17) is 4.74 Å². The Labute approximate surface area is 167 Å². The molecular weight excluding hydrogens is 387 g/mol. The van der Waals surface area contributed by atoms with Gasteiger partial charge in [0.2, 0.25) is 0 Å². The molecule has 0 heterocycles. The van der Waals surface area contributed by atoms with Gasteiger partial charge in [-0.25, -0.2) is 0 Å². The third-order valence-electron chi connectivity index (χ3n) is 3.90. The van der Waals surface area contributed by atoms with Crippen LogP contribution in [0.2, 0.25) is 0 Å². The third-order valence-corrected chi connectivity index (χ3v) is 3.99. The quantitative estimate of drug-likeness (QED) is 0.329. The molecule has 2 aromatic carbocycles. The van der Waals surface area contributed by atoms with Crippen LogP contribution in [0, 0.1) is 0 Å². The standard InChI is InChI=1S/C20H22F3N3OS/c21-20(22,23)19-12-18(26-15-28)7-6-17(19)13-25-9-8-24-10-11-27-14-16-4-2-1-3-5-16/h1-7,12,24-25H,8-11,13-14H2. The highest BCUT2D eigenvalue weighted by atomic mass is 32.1. The van der Waals surface area contributed by atoms with Gasteiger partial charge in [-0.3, -0.25) is 0 Å². The van der Waals surface area contributed by atoms with Crippen LogP contribution < -0.4 is 10.6 Å². The minimum Gasteiger partial charge on any atom is -0.375 e. The number of hydrogen-bond acceptors (Lipinski definition) is 5. The zero-order valence-electron chi connectivity index (χ0n) is 15.3. The van der Waals surface area contributed by atoms with Crippen molar-refractivity contribution in [3.05, 3.63) is 65.2 Å². The van der Waals surface area contributed by atoms with Crippen LogP contribution in [0.1, 0.15) is 16.7 Å². The van der Waals surface area contributed by atoms with Gasteiger partial charge in [0.05, 0.1) is 29.6 Å². The predicted octanol–water partition coefficient (Wildman–Crippen LogP) is 4.34. The van der Waals surface area contributed by atoms with Gasteiger partial charge in [-0.2, -0.15) is 18.2 Å². The van der Waals surface area contributed by atoms with Crippen LogP contribution in [0.15, 0.2) is 53.5 Å². The van der Waals surface area contributed by atoms with E-state index in [0.717, 1.165) is 11.6 Å². The average molecular weight is 409 g/mol. The Kier molecular flexibility index (Phi) is 9.27. The van der Waals surface area contributed by atoms with Crippen molar-refractivity contribution >= 4 is 23.1 Å². The number of benzene rings is 2. The topological polar surface area (TPSA) is 45.7 Å². The van der Waals surface area contributed by atoms with Crippen LogP contribution in [-0.2, 0) is 24.1 Å². The number of aliphatic imine (C=N–C) groups is 1. The summed E-state index contributed by atoms with van der Waals surface area (Å²) < 4.78 is 45.1. The summed E-state index contributed by atoms with van der Waals surface area (Å²) in [5.74, 6) is 0.